The summed E-state index contributed by atoms with van der Waals surface area (Å²) in [5, 5.41) is 8.10. The van der Waals surface area contributed by atoms with Crippen molar-refractivity contribution in [3.05, 3.63) is 52.0 Å². The molecule has 0 atom stereocenters. The van der Waals surface area contributed by atoms with E-state index in [9.17, 15) is 13.2 Å². The predicted molar refractivity (Wildman–Crippen MR) is 104 cm³/mol. The molecular formula is C16H19F3IN3OS. The average molecular weight is 485 g/mol. The average Bonchev–Trinajstić information content (AvgIpc) is 3.04. The zero-order valence-corrected chi connectivity index (χ0v) is 16.6. The Morgan fingerprint density at radius 2 is 2.04 bits per heavy atom. The SMILES string of the molecule is CCNC(=NCc1c(F)cccc1OC(F)F)NCc1cccs1.I. The van der Waals surface area contributed by atoms with Gasteiger partial charge in [0.1, 0.15) is 11.6 Å². The largest absolute Gasteiger partial charge is 0.434 e. The van der Waals surface area contributed by atoms with Crippen LogP contribution in [-0.4, -0.2) is 19.1 Å². The molecule has 0 radical (unpaired) electrons. The fraction of sp³-hybridized carbons (Fsp3) is 0.312. The van der Waals surface area contributed by atoms with E-state index in [2.05, 4.69) is 20.4 Å². The van der Waals surface area contributed by atoms with Crippen LogP contribution in [0.5, 0.6) is 5.75 Å². The van der Waals surface area contributed by atoms with E-state index < -0.39 is 12.4 Å². The highest BCUT2D eigenvalue weighted by Crippen LogP contribution is 2.24. The van der Waals surface area contributed by atoms with Gasteiger partial charge in [0.05, 0.1) is 18.7 Å². The molecule has 0 spiro atoms. The molecule has 2 rings (SSSR count). The first-order chi connectivity index (χ1) is 11.6. The highest BCUT2D eigenvalue weighted by molar-refractivity contribution is 14.0. The summed E-state index contributed by atoms with van der Waals surface area (Å²) in [5.74, 6) is -0.369. The molecular weight excluding hydrogens is 466 g/mol. The maximum absolute atomic E-state index is 13.9. The molecule has 0 bridgehead atoms. The van der Waals surface area contributed by atoms with Crippen molar-refractivity contribution in [1.29, 1.82) is 0 Å². The minimum Gasteiger partial charge on any atom is -0.434 e. The van der Waals surface area contributed by atoms with E-state index in [1.54, 1.807) is 11.3 Å². The number of ether oxygens (including phenoxy) is 1. The molecule has 0 fully saturated rings. The van der Waals surface area contributed by atoms with Crippen molar-refractivity contribution in [2.45, 2.75) is 26.6 Å². The summed E-state index contributed by atoms with van der Waals surface area (Å²) in [6.07, 6.45) is 0. The van der Waals surface area contributed by atoms with Crippen molar-refractivity contribution in [2.24, 2.45) is 4.99 Å². The molecule has 0 aliphatic heterocycles. The van der Waals surface area contributed by atoms with Gasteiger partial charge in [-0.05, 0) is 30.5 Å². The molecule has 0 saturated carbocycles. The minimum atomic E-state index is -3.01. The topological polar surface area (TPSA) is 45.7 Å². The third-order valence-electron chi connectivity index (χ3n) is 3.04. The summed E-state index contributed by atoms with van der Waals surface area (Å²) in [5.41, 5.74) is -0.00822. The number of alkyl halides is 2. The molecule has 2 aromatic rings. The standard InChI is InChI=1S/C16H18F3N3OS.HI/c1-2-20-16(21-9-11-5-4-8-24-11)22-10-12-13(17)6-3-7-14(12)23-15(18)19;/h3-8,15H,2,9-10H2,1H3,(H2,20,21,22);1H. The molecule has 2 N–H and O–H groups in total. The molecule has 4 nitrogen and oxygen atoms in total. The zero-order valence-electron chi connectivity index (χ0n) is 13.5. The summed E-state index contributed by atoms with van der Waals surface area (Å²) in [6.45, 7) is -0.0415. The van der Waals surface area contributed by atoms with E-state index in [-0.39, 0.29) is 41.8 Å². The lowest BCUT2D eigenvalue weighted by atomic mass is 10.2. The first kappa shape index (κ1) is 21.6. The number of nitrogens with one attached hydrogen (secondary N) is 2. The van der Waals surface area contributed by atoms with Crippen LogP contribution >= 0.6 is 35.3 Å². The molecule has 0 aliphatic carbocycles. The van der Waals surface area contributed by atoms with Crippen LogP contribution in [0.15, 0.2) is 40.7 Å². The van der Waals surface area contributed by atoms with Gasteiger partial charge in [-0.3, -0.25) is 0 Å². The molecule has 9 heteroatoms. The van der Waals surface area contributed by atoms with Crippen molar-refractivity contribution in [3.63, 3.8) is 0 Å². The first-order valence-corrected chi connectivity index (χ1v) is 8.25. The third-order valence-corrected chi connectivity index (χ3v) is 3.92. The summed E-state index contributed by atoms with van der Waals surface area (Å²) >= 11 is 1.60. The lowest BCUT2D eigenvalue weighted by Crippen LogP contribution is -2.36. The molecule has 0 amide bonds. The highest BCUT2D eigenvalue weighted by atomic mass is 127. The number of thiophene rings is 1. The summed E-state index contributed by atoms with van der Waals surface area (Å²) in [4.78, 5) is 5.36. The van der Waals surface area contributed by atoms with Crippen molar-refractivity contribution < 1.29 is 17.9 Å². The third kappa shape index (κ3) is 7.10. The van der Waals surface area contributed by atoms with Gasteiger partial charge >= 0.3 is 6.61 Å². The predicted octanol–water partition coefficient (Wildman–Crippen LogP) is 4.36. The van der Waals surface area contributed by atoms with Gasteiger partial charge in [-0.2, -0.15) is 8.78 Å². The molecule has 25 heavy (non-hydrogen) atoms. The summed E-state index contributed by atoms with van der Waals surface area (Å²) in [7, 11) is 0. The fourth-order valence-electron chi connectivity index (χ4n) is 1.98. The van der Waals surface area contributed by atoms with Gasteiger partial charge in [-0.1, -0.05) is 12.1 Å². The Labute approximate surface area is 165 Å². The molecule has 0 unspecified atom stereocenters. The second-order valence-electron chi connectivity index (χ2n) is 4.72. The van der Waals surface area contributed by atoms with E-state index >= 15 is 0 Å². The normalized spacial score (nSPS) is 11.2. The van der Waals surface area contributed by atoms with Crippen molar-refractivity contribution in [2.75, 3.05) is 6.54 Å². The molecule has 1 heterocycles. The molecule has 1 aromatic heterocycles. The summed E-state index contributed by atoms with van der Waals surface area (Å²) < 4.78 is 43.1. The van der Waals surface area contributed by atoms with Crippen LogP contribution in [0.4, 0.5) is 13.2 Å². The monoisotopic (exact) mass is 485 g/mol. The first-order valence-electron chi connectivity index (χ1n) is 7.37. The maximum atomic E-state index is 13.9. The fourth-order valence-corrected chi connectivity index (χ4v) is 2.63. The van der Waals surface area contributed by atoms with E-state index in [4.69, 9.17) is 0 Å². The van der Waals surface area contributed by atoms with Crippen LogP contribution < -0.4 is 15.4 Å². The van der Waals surface area contributed by atoms with E-state index in [1.807, 2.05) is 24.4 Å². The Kier molecular flexibility index (Phi) is 9.65. The highest BCUT2D eigenvalue weighted by Gasteiger charge is 2.13. The lowest BCUT2D eigenvalue weighted by molar-refractivity contribution is -0.0506. The van der Waals surface area contributed by atoms with Crippen LogP contribution in [0, 0.1) is 5.82 Å². The second-order valence-corrected chi connectivity index (χ2v) is 5.76. The van der Waals surface area contributed by atoms with Gasteiger partial charge in [0.25, 0.3) is 0 Å². The van der Waals surface area contributed by atoms with E-state index in [0.29, 0.717) is 19.0 Å². The van der Waals surface area contributed by atoms with Crippen molar-refractivity contribution in [3.8, 4) is 5.75 Å². The molecule has 1 aromatic carbocycles. The molecule has 0 aliphatic rings. The Balaban J connectivity index is 0.00000312. The van der Waals surface area contributed by atoms with Gasteiger partial charge in [-0.25, -0.2) is 9.38 Å². The van der Waals surface area contributed by atoms with Gasteiger partial charge in [0, 0.05) is 11.4 Å². The molecule has 138 valence electrons. The van der Waals surface area contributed by atoms with Crippen LogP contribution in [0.25, 0.3) is 0 Å². The Hall–Kier alpha value is -1.49. The Morgan fingerprint density at radius 1 is 1.24 bits per heavy atom. The van der Waals surface area contributed by atoms with Crippen LogP contribution in [0.2, 0.25) is 0 Å². The van der Waals surface area contributed by atoms with Gasteiger partial charge in [0.15, 0.2) is 5.96 Å². The lowest BCUT2D eigenvalue weighted by Gasteiger charge is -2.13. The number of hydrogen-bond donors (Lipinski definition) is 2. The Morgan fingerprint density at radius 3 is 2.68 bits per heavy atom. The number of halogens is 4. The molecule has 0 saturated heterocycles. The number of hydrogen-bond acceptors (Lipinski definition) is 3. The number of rotatable bonds is 7. The van der Waals surface area contributed by atoms with Gasteiger partial charge in [-0.15, -0.1) is 35.3 Å². The van der Waals surface area contributed by atoms with E-state index in [1.165, 1.54) is 18.2 Å². The number of aliphatic imine (C=N–C) groups is 1. The number of guanidine groups is 1. The maximum Gasteiger partial charge on any atom is 0.387 e. The zero-order chi connectivity index (χ0) is 17.4. The van der Waals surface area contributed by atoms with Crippen molar-refractivity contribution >= 4 is 41.3 Å². The summed E-state index contributed by atoms with van der Waals surface area (Å²) in [6, 6.07) is 7.73. The quantitative estimate of drug-likeness (QED) is 0.348. The number of benzene rings is 1. The Bertz CT molecular complexity index is 669. The van der Waals surface area contributed by atoms with Gasteiger partial charge < -0.3 is 15.4 Å². The number of nitrogens with zero attached hydrogens (tertiary/aromatic N) is 1. The van der Waals surface area contributed by atoms with Crippen LogP contribution in [0.1, 0.15) is 17.4 Å². The van der Waals surface area contributed by atoms with Crippen LogP contribution in [-0.2, 0) is 13.1 Å². The minimum absolute atomic E-state index is 0. The smallest absolute Gasteiger partial charge is 0.387 e. The van der Waals surface area contributed by atoms with Crippen molar-refractivity contribution in [1.82, 2.24) is 10.6 Å². The van der Waals surface area contributed by atoms with Gasteiger partial charge in [0.2, 0.25) is 0 Å². The van der Waals surface area contributed by atoms with Crippen LogP contribution in [0.3, 0.4) is 0 Å². The van der Waals surface area contributed by atoms with E-state index in [0.717, 1.165) is 4.88 Å². The second kappa shape index (κ2) is 11.2.